The summed E-state index contributed by atoms with van der Waals surface area (Å²) in [6.45, 7) is 1.78. The van der Waals surface area contributed by atoms with Crippen LogP contribution in [0.4, 0.5) is 0 Å². The molecular weight excluding hydrogens is 382 g/mol. The summed E-state index contributed by atoms with van der Waals surface area (Å²) >= 11 is 0. The zero-order valence-electron chi connectivity index (χ0n) is 16.6. The van der Waals surface area contributed by atoms with Crippen molar-refractivity contribution in [3.8, 4) is 11.5 Å². The maximum atomic E-state index is 12.9. The Labute approximate surface area is 175 Å². The maximum Gasteiger partial charge on any atom is 0.223 e. The van der Waals surface area contributed by atoms with Crippen LogP contribution in [-0.4, -0.2) is 29.8 Å². The molecule has 1 aliphatic heterocycles. The molecule has 0 N–H and O–H groups in total. The van der Waals surface area contributed by atoms with E-state index in [4.69, 9.17) is 13.9 Å². The first kappa shape index (κ1) is 19.8. The van der Waals surface area contributed by atoms with Crippen molar-refractivity contribution in [2.45, 2.75) is 25.9 Å². The quantitative estimate of drug-likeness (QED) is 0.524. The summed E-state index contributed by atoms with van der Waals surface area (Å²) in [7, 11) is 0. The van der Waals surface area contributed by atoms with Crippen LogP contribution in [0.1, 0.15) is 34.5 Å². The van der Waals surface area contributed by atoms with Gasteiger partial charge in [0.2, 0.25) is 5.91 Å². The fraction of sp³-hybridized carbons (Fsp3) is 0.250. The topological polar surface area (TPSA) is 69.0 Å². The van der Waals surface area contributed by atoms with Crippen LogP contribution in [0.2, 0.25) is 0 Å². The third-order valence-electron chi connectivity index (χ3n) is 4.93. The Morgan fingerprint density at radius 1 is 0.833 bits per heavy atom. The summed E-state index contributed by atoms with van der Waals surface area (Å²) in [5, 5.41) is 0. The number of hydrogen-bond donors (Lipinski definition) is 0. The summed E-state index contributed by atoms with van der Waals surface area (Å²) in [5.41, 5.74) is 1.54. The van der Waals surface area contributed by atoms with Crippen LogP contribution in [0.3, 0.4) is 0 Å². The molecule has 0 radical (unpaired) electrons. The normalized spacial score (nSPS) is 12.4. The molecular formula is C24H23NO5. The Morgan fingerprint density at radius 2 is 1.63 bits per heavy atom. The standard InChI is InChI=1S/C24H23NO5/c26-21(19-8-10-22-23(15-19)30-14-13-29-22)9-11-24(27)25(17-20-7-4-12-28-20)16-18-5-2-1-3-6-18/h1-8,10,12,15H,9,11,13-14,16-17H2. The second-order valence-corrected chi connectivity index (χ2v) is 7.10. The highest BCUT2D eigenvalue weighted by atomic mass is 16.6. The second-order valence-electron chi connectivity index (χ2n) is 7.10. The molecule has 2 heterocycles. The van der Waals surface area contributed by atoms with Gasteiger partial charge in [0.05, 0.1) is 12.8 Å². The number of carbonyl (C=O) groups excluding carboxylic acids is 2. The van der Waals surface area contributed by atoms with E-state index < -0.39 is 0 Å². The monoisotopic (exact) mass is 405 g/mol. The average molecular weight is 405 g/mol. The minimum absolute atomic E-state index is 0.0962. The van der Waals surface area contributed by atoms with Crippen LogP contribution in [0.15, 0.2) is 71.3 Å². The van der Waals surface area contributed by atoms with Gasteiger partial charge in [0.15, 0.2) is 17.3 Å². The van der Waals surface area contributed by atoms with Crippen molar-refractivity contribution in [1.29, 1.82) is 0 Å². The number of rotatable bonds is 8. The van der Waals surface area contributed by atoms with Crippen molar-refractivity contribution in [3.63, 3.8) is 0 Å². The van der Waals surface area contributed by atoms with E-state index in [2.05, 4.69) is 0 Å². The molecule has 154 valence electrons. The first-order valence-corrected chi connectivity index (χ1v) is 9.96. The van der Waals surface area contributed by atoms with E-state index in [1.54, 1.807) is 35.4 Å². The van der Waals surface area contributed by atoms with Gasteiger partial charge in [-0.3, -0.25) is 9.59 Å². The van der Waals surface area contributed by atoms with Crippen LogP contribution < -0.4 is 9.47 Å². The molecule has 0 saturated heterocycles. The van der Waals surface area contributed by atoms with Crippen LogP contribution in [-0.2, 0) is 17.9 Å². The Hall–Kier alpha value is -3.54. The second kappa shape index (κ2) is 9.31. The van der Waals surface area contributed by atoms with E-state index >= 15 is 0 Å². The minimum atomic E-state index is -0.0991. The first-order valence-electron chi connectivity index (χ1n) is 9.96. The fourth-order valence-electron chi connectivity index (χ4n) is 3.37. The summed E-state index contributed by atoms with van der Waals surface area (Å²) < 4.78 is 16.4. The number of carbonyl (C=O) groups is 2. The van der Waals surface area contributed by atoms with Crippen molar-refractivity contribution in [3.05, 3.63) is 83.8 Å². The third kappa shape index (κ3) is 4.89. The maximum absolute atomic E-state index is 12.9. The molecule has 3 aromatic rings. The Kier molecular flexibility index (Phi) is 6.13. The number of ketones is 1. The molecule has 0 saturated carbocycles. The van der Waals surface area contributed by atoms with Gasteiger partial charge >= 0.3 is 0 Å². The van der Waals surface area contributed by atoms with Crippen LogP contribution >= 0.6 is 0 Å². The molecule has 0 unspecified atom stereocenters. The van der Waals surface area contributed by atoms with E-state index in [1.807, 2.05) is 36.4 Å². The lowest BCUT2D eigenvalue weighted by Gasteiger charge is -2.22. The Balaban J connectivity index is 1.40. The summed E-state index contributed by atoms with van der Waals surface area (Å²) in [4.78, 5) is 27.3. The highest BCUT2D eigenvalue weighted by Crippen LogP contribution is 2.31. The number of Topliss-reactive ketones (excluding diaryl/α,β-unsaturated/α-hetero) is 1. The number of nitrogens with zero attached hydrogens (tertiary/aromatic N) is 1. The molecule has 6 heteroatoms. The van der Waals surface area contributed by atoms with Gasteiger partial charge in [-0.2, -0.15) is 0 Å². The number of ether oxygens (including phenoxy) is 2. The average Bonchev–Trinajstić information content (AvgIpc) is 3.30. The highest BCUT2D eigenvalue weighted by Gasteiger charge is 2.19. The number of furan rings is 1. The molecule has 6 nitrogen and oxygen atoms in total. The van der Waals surface area contributed by atoms with E-state index in [0.29, 0.717) is 49.1 Å². The molecule has 30 heavy (non-hydrogen) atoms. The summed E-state index contributed by atoms with van der Waals surface area (Å²) in [6, 6.07) is 18.5. The largest absolute Gasteiger partial charge is 0.486 e. The summed E-state index contributed by atoms with van der Waals surface area (Å²) in [5.74, 6) is 1.72. The van der Waals surface area contributed by atoms with Crippen molar-refractivity contribution in [1.82, 2.24) is 4.90 Å². The predicted octanol–water partition coefficient (Wildman–Crippen LogP) is 4.24. The van der Waals surface area contributed by atoms with Crippen LogP contribution in [0.25, 0.3) is 0 Å². The SMILES string of the molecule is O=C(CCC(=O)N(Cc1ccccc1)Cc1ccco1)c1ccc2c(c1)OCCO2. The number of hydrogen-bond acceptors (Lipinski definition) is 5. The van der Waals surface area contributed by atoms with Gasteiger partial charge in [0.25, 0.3) is 0 Å². The van der Waals surface area contributed by atoms with E-state index in [-0.39, 0.29) is 24.5 Å². The van der Waals surface area contributed by atoms with Crippen molar-refractivity contribution in [2.24, 2.45) is 0 Å². The molecule has 1 aliphatic rings. The first-order chi connectivity index (χ1) is 14.7. The fourth-order valence-corrected chi connectivity index (χ4v) is 3.37. The van der Waals surface area contributed by atoms with Gasteiger partial charge in [-0.25, -0.2) is 0 Å². The summed E-state index contributed by atoms with van der Waals surface area (Å²) in [6.07, 6.45) is 1.84. The van der Waals surface area contributed by atoms with E-state index in [9.17, 15) is 9.59 Å². The van der Waals surface area contributed by atoms with E-state index in [1.165, 1.54) is 0 Å². The zero-order chi connectivity index (χ0) is 20.8. The van der Waals surface area contributed by atoms with Crippen molar-refractivity contribution in [2.75, 3.05) is 13.2 Å². The lowest BCUT2D eigenvalue weighted by molar-refractivity contribution is -0.132. The van der Waals surface area contributed by atoms with Crippen molar-refractivity contribution >= 4 is 11.7 Å². The number of amides is 1. The zero-order valence-corrected chi connectivity index (χ0v) is 16.6. The highest BCUT2D eigenvalue weighted by molar-refractivity contribution is 5.98. The Morgan fingerprint density at radius 3 is 2.40 bits per heavy atom. The number of benzene rings is 2. The molecule has 0 atom stereocenters. The van der Waals surface area contributed by atoms with Crippen LogP contribution in [0.5, 0.6) is 11.5 Å². The molecule has 0 aliphatic carbocycles. The van der Waals surface area contributed by atoms with Gasteiger partial charge in [-0.15, -0.1) is 0 Å². The van der Waals surface area contributed by atoms with Crippen LogP contribution in [0, 0.1) is 0 Å². The van der Waals surface area contributed by atoms with Crippen molar-refractivity contribution < 1.29 is 23.5 Å². The predicted molar refractivity (Wildman–Crippen MR) is 110 cm³/mol. The third-order valence-corrected chi connectivity index (χ3v) is 4.93. The molecule has 0 fully saturated rings. The van der Waals surface area contributed by atoms with E-state index in [0.717, 1.165) is 5.56 Å². The Bertz CT molecular complexity index is 998. The molecule has 2 aromatic carbocycles. The van der Waals surface area contributed by atoms with Gasteiger partial charge in [0.1, 0.15) is 19.0 Å². The minimum Gasteiger partial charge on any atom is -0.486 e. The lowest BCUT2D eigenvalue weighted by Crippen LogP contribution is -2.30. The molecule has 4 rings (SSSR count). The van der Waals surface area contributed by atoms with Gasteiger partial charge in [0, 0.05) is 24.9 Å². The molecule has 1 aromatic heterocycles. The molecule has 0 spiro atoms. The number of fused-ring (bicyclic) bond motifs is 1. The molecule has 0 bridgehead atoms. The van der Waals surface area contributed by atoms with Gasteiger partial charge in [-0.05, 0) is 35.9 Å². The van der Waals surface area contributed by atoms with Gasteiger partial charge in [-0.1, -0.05) is 30.3 Å². The lowest BCUT2D eigenvalue weighted by atomic mass is 10.0. The van der Waals surface area contributed by atoms with Gasteiger partial charge < -0.3 is 18.8 Å². The molecule has 1 amide bonds. The smallest absolute Gasteiger partial charge is 0.223 e.